The molecule has 0 saturated heterocycles. The molecule has 0 unspecified atom stereocenters. The minimum Gasteiger partial charge on any atom is -0.484 e. The lowest BCUT2D eigenvalue weighted by Crippen LogP contribution is -2.24. The Bertz CT molecular complexity index is 790. The topological polar surface area (TPSA) is 112 Å². The van der Waals surface area contributed by atoms with Crippen molar-refractivity contribution in [3.63, 3.8) is 0 Å². The van der Waals surface area contributed by atoms with Crippen LogP contribution in [0.2, 0.25) is 0 Å². The number of nitriles is 1. The van der Waals surface area contributed by atoms with Gasteiger partial charge in [0.05, 0.1) is 23.4 Å². The van der Waals surface area contributed by atoms with E-state index in [0.29, 0.717) is 16.9 Å². The van der Waals surface area contributed by atoms with Crippen LogP contribution in [-0.4, -0.2) is 29.8 Å². The first-order chi connectivity index (χ1) is 11.6. The summed E-state index contributed by atoms with van der Waals surface area (Å²) in [6.45, 7) is -0.221. The van der Waals surface area contributed by atoms with Crippen LogP contribution in [0.1, 0.15) is 21.5 Å². The van der Waals surface area contributed by atoms with E-state index in [1.54, 1.807) is 36.4 Å². The van der Waals surface area contributed by atoms with Gasteiger partial charge in [-0.3, -0.25) is 4.79 Å². The van der Waals surface area contributed by atoms with Crippen molar-refractivity contribution in [3.05, 3.63) is 65.2 Å². The molecular formula is C17H13N3O4. The zero-order valence-electron chi connectivity index (χ0n) is 12.5. The number of benzene rings is 2. The SMILES string of the molecule is N#Cc1ccc(OCC(=O)NN=Cc2ccc(C(=O)O)cc2)cc1. The van der Waals surface area contributed by atoms with E-state index < -0.39 is 11.9 Å². The van der Waals surface area contributed by atoms with Crippen molar-refractivity contribution < 1.29 is 19.4 Å². The monoisotopic (exact) mass is 323 g/mol. The molecule has 7 heteroatoms. The Morgan fingerprint density at radius 3 is 2.42 bits per heavy atom. The summed E-state index contributed by atoms with van der Waals surface area (Å²) in [5.74, 6) is -0.984. The van der Waals surface area contributed by atoms with E-state index in [4.69, 9.17) is 15.1 Å². The number of carbonyl (C=O) groups is 2. The third-order valence-corrected chi connectivity index (χ3v) is 2.91. The molecule has 2 rings (SSSR count). The van der Waals surface area contributed by atoms with E-state index >= 15 is 0 Å². The van der Waals surface area contributed by atoms with E-state index in [1.165, 1.54) is 18.3 Å². The average molecular weight is 323 g/mol. The molecule has 0 aliphatic rings. The summed E-state index contributed by atoms with van der Waals surface area (Å²) < 4.78 is 5.25. The van der Waals surface area contributed by atoms with Gasteiger partial charge in [-0.25, -0.2) is 10.2 Å². The minimum atomic E-state index is -1.01. The second-order valence-electron chi connectivity index (χ2n) is 4.65. The molecule has 2 aromatic rings. The fraction of sp³-hybridized carbons (Fsp3) is 0.0588. The number of carbonyl (C=O) groups excluding carboxylic acids is 1. The summed E-state index contributed by atoms with van der Waals surface area (Å²) in [4.78, 5) is 22.3. The highest BCUT2D eigenvalue weighted by molar-refractivity contribution is 5.89. The van der Waals surface area contributed by atoms with Crippen molar-refractivity contribution in [2.24, 2.45) is 5.10 Å². The van der Waals surface area contributed by atoms with Gasteiger partial charge in [0.25, 0.3) is 5.91 Å². The maximum absolute atomic E-state index is 11.6. The van der Waals surface area contributed by atoms with Crippen LogP contribution in [0.5, 0.6) is 5.75 Å². The number of hydrogen-bond donors (Lipinski definition) is 2. The summed E-state index contributed by atoms with van der Waals surface area (Å²) in [6.07, 6.45) is 1.39. The number of nitrogens with zero attached hydrogens (tertiary/aromatic N) is 2. The van der Waals surface area contributed by atoms with E-state index in [9.17, 15) is 9.59 Å². The molecule has 1 amide bonds. The fourth-order valence-corrected chi connectivity index (χ4v) is 1.70. The van der Waals surface area contributed by atoms with E-state index in [1.807, 2.05) is 6.07 Å². The summed E-state index contributed by atoms with van der Waals surface area (Å²) in [5.41, 5.74) is 3.62. The van der Waals surface area contributed by atoms with Crippen LogP contribution < -0.4 is 10.2 Å². The van der Waals surface area contributed by atoms with Crippen LogP contribution in [0.3, 0.4) is 0 Å². The Morgan fingerprint density at radius 1 is 1.17 bits per heavy atom. The molecule has 120 valence electrons. The van der Waals surface area contributed by atoms with Gasteiger partial charge in [-0.05, 0) is 42.0 Å². The number of aromatic carboxylic acids is 1. The van der Waals surface area contributed by atoms with E-state index in [0.717, 1.165) is 0 Å². The summed E-state index contributed by atoms with van der Waals surface area (Å²) in [7, 11) is 0. The molecule has 0 saturated carbocycles. The van der Waals surface area contributed by atoms with Gasteiger partial charge in [-0.15, -0.1) is 0 Å². The second-order valence-corrected chi connectivity index (χ2v) is 4.65. The standard InChI is InChI=1S/C17H13N3O4/c18-9-12-3-7-15(8-4-12)24-11-16(21)20-19-10-13-1-5-14(6-2-13)17(22)23/h1-8,10H,11H2,(H,20,21)(H,22,23). The summed E-state index contributed by atoms with van der Waals surface area (Å²) >= 11 is 0. The van der Waals surface area contributed by atoms with Gasteiger partial charge in [0.2, 0.25) is 0 Å². The largest absolute Gasteiger partial charge is 0.484 e. The van der Waals surface area contributed by atoms with E-state index in [-0.39, 0.29) is 12.2 Å². The maximum Gasteiger partial charge on any atom is 0.335 e. The third-order valence-electron chi connectivity index (χ3n) is 2.91. The Balaban J connectivity index is 1.79. The van der Waals surface area contributed by atoms with Gasteiger partial charge < -0.3 is 9.84 Å². The van der Waals surface area contributed by atoms with Gasteiger partial charge in [0, 0.05) is 0 Å². The van der Waals surface area contributed by atoms with Gasteiger partial charge in [-0.1, -0.05) is 12.1 Å². The van der Waals surface area contributed by atoms with Crippen LogP contribution in [-0.2, 0) is 4.79 Å². The lowest BCUT2D eigenvalue weighted by Gasteiger charge is -2.04. The Hall–Kier alpha value is -3.66. The third kappa shape index (κ3) is 4.96. The molecule has 0 atom stereocenters. The molecule has 2 N–H and O–H groups in total. The summed E-state index contributed by atoms with van der Waals surface area (Å²) in [6, 6.07) is 14.4. The predicted molar refractivity (Wildman–Crippen MR) is 85.8 cm³/mol. The highest BCUT2D eigenvalue weighted by Gasteiger charge is 2.02. The zero-order valence-corrected chi connectivity index (χ0v) is 12.5. The molecule has 2 aromatic carbocycles. The fourth-order valence-electron chi connectivity index (χ4n) is 1.70. The molecule has 0 aliphatic heterocycles. The molecule has 0 spiro atoms. The zero-order chi connectivity index (χ0) is 17.4. The van der Waals surface area contributed by atoms with Gasteiger partial charge in [-0.2, -0.15) is 10.4 Å². The molecule has 0 aromatic heterocycles. The van der Waals surface area contributed by atoms with Crippen LogP contribution in [0, 0.1) is 11.3 Å². The second kappa shape index (κ2) is 8.10. The first-order valence-corrected chi connectivity index (χ1v) is 6.87. The highest BCUT2D eigenvalue weighted by Crippen LogP contribution is 2.11. The van der Waals surface area contributed by atoms with Crippen LogP contribution >= 0.6 is 0 Å². The van der Waals surface area contributed by atoms with Gasteiger partial charge in [0.1, 0.15) is 5.75 Å². The van der Waals surface area contributed by atoms with Crippen molar-refractivity contribution in [2.45, 2.75) is 0 Å². The lowest BCUT2D eigenvalue weighted by atomic mass is 10.1. The highest BCUT2D eigenvalue weighted by atomic mass is 16.5. The number of carboxylic acids is 1. The number of rotatable bonds is 6. The van der Waals surface area contributed by atoms with Crippen LogP contribution in [0.25, 0.3) is 0 Å². The smallest absolute Gasteiger partial charge is 0.335 e. The minimum absolute atomic E-state index is 0.173. The molecule has 0 aliphatic carbocycles. The molecule has 7 nitrogen and oxygen atoms in total. The number of ether oxygens (including phenoxy) is 1. The normalized spacial score (nSPS) is 10.1. The average Bonchev–Trinajstić information content (AvgIpc) is 2.61. The number of carboxylic acid groups (broad SMARTS) is 1. The van der Waals surface area contributed by atoms with Crippen molar-refractivity contribution in [3.8, 4) is 11.8 Å². The van der Waals surface area contributed by atoms with Crippen molar-refractivity contribution in [2.75, 3.05) is 6.61 Å². The quantitative estimate of drug-likeness (QED) is 0.621. The first kappa shape index (κ1) is 16.7. The lowest BCUT2D eigenvalue weighted by molar-refractivity contribution is -0.123. The van der Waals surface area contributed by atoms with Crippen LogP contribution in [0.15, 0.2) is 53.6 Å². The Kier molecular flexibility index (Phi) is 5.64. The Labute approximate surface area is 137 Å². The molecule has 0 fully saturated rings. The predicted octanol–water partition coefficient (Wildman–Crippen LogP) is 1.79. The van der Waals surface area contributed by atoms with Gasteiger partial charge in [0.15, 0.2) is 6.61 Å². The molecule has 0 bridgehead atoms. The molecule has 0 radical (unpaired) electrons. The van der Waals surface area contributed by atoms with E-state index in [2.05, 4.69) is 10.5 Å². The molecule has 24 heavy (non-hydrogen) atoms. The number of nitrogens with one attached hydrogen (secondary N) is 1. The number of hydrazone groups is 1. The Morgan fingerprint density at radius 2 is 1.83 bits per heavy atom. The number of amides is 1. The number of hydrogen-bond acceptors (Lipinski definition) is 5. The van der Waals surface area contributed by atoms with Crippen molar-refractivity contribution in [1.29, 1.82) is 5.26 Å². The molecule has 0 heterocycles. The van der Waals surface area contributed by atoms with Crippen LogP contribution in [0.4, 0.5) is 0 Å². The van der Waals surface area contributed by atoms with Crippen molar-refractivity contribution in [1.82, 2.24) is 5.43 Å². The summed E-state index contributed by atoms with van der Waals surface area (Å²) in [5, 5.41) is 21.2. The first-order valence-electron chi connectivity index (χ1n) is 6.87. The molecular weight excluding hydrogens is 310 g/mol. The van der Waals surface area contributed by atoms with Crippen molar-refractivity contribution >= 4 is 18.1 Å². The maximum atomic E-state index is 11.6. The van der Waals surface area contributed by atoms with Gasteiger partial charge >= 0.3 is 5.97 Å².